The largest absolute Gasteiger partial charge is 0.223 e. The lowest BCUT2D eigenvalue weighted by Crippen LogP contribution is -1.93. The van der Waals surface area contributed by atoms with Crippen LogP contribution >= 0.6 is 11.6 Å². The molecule has 0 saturated carbocycles. The van der Waals surface area contributed by atoms with Gasteiger partial charge in [-0.1, -0.05) is 49.6 Å². The molecule has 0 fully saturated rings. The average molecular weight is 287 g/mol. The van der Waals surface area contributed by atoms with Crippen LogP contribution in [0.4, 0.5) is 4.39 Å². The molecule has 0 radical (unpaired) electrons. The van der Waals surface area contributed by atoms with Gasteiger partial charge in [-0.25, -0.2) is 14.4 Å². The molecule has 20 heavy (non-hydrogen) atoms. The van der Waals surface area contributed by atoms with Crippen molar-refractivity contribution in [1.82, 2.24) is 9.97 Å². The number of hydrogen-bond acceptors (Lipinski definition) is 2. The van der Waals surface area contributed by atoms with Crippen molar-refractivity contribution in [3.05, 3.63) is 78.5 Å². The van der Waals surface area contributed by atoms with Crippen molar-refractivity contribution in [1.29, 1.82) is 0 Å². The monoisotopic (exact) mass is 286 g/mol. The molecule has 2 nitrogen and oxygen atoms in total. The molecule has 0 aliphatic heterocycles. The van der Waals surface area contributed by atoms with Gasteiger partial charge in [0.15, 0.2) is 5.82 Å². The molecule has 0 atom stereocenters. The molecule has 2 rings (SSSR count). The van der Waals surface area contributed by atoms with Gasteiger partial charge in [-0.05, 0) is 28.8 Å². The summed E-state index contributed by atoms with van der Waals surface area (Å²) in [7, 11) is 0. The van der Waals surface area contributed by atoms with Crippen LogP contribution in [0.2, 0.25) is 5.28 Å². The lowest BCUT2D eigenvalue weighted by atomic mass is 10.0. The minimum absolute atomic E-state index is 0.0115. The number of rotatable bonds is 4. The van der Waals surface area contributed by atoms with E-state index in [1.807, 2.05) is 24.3 Å². The summed E-state index contributed by atoms with van der Waals surface area (Å²) in [6.07, 6.45) is 6.27. The topological polar surface area (TPSA) is 25.8 Å². The molecule has 0 unspecified atom stereocenters. The van der Waals surface area contributed by atoms with Gasteiger partial charge in [0.05, 0.1) is 6.20 Å². The standard InChI is InChI=1S/C16H12ClFN2/c1-3-6-11(4-2)12-7-5-8-13(9-12)15-14(18)10-19-16(17)20-15/h3-10H,1-2H2/b11-6+. The Kier molecular flexibility index (Phi) is 4.43. The van der Waals surface area contributed by atoms with Crippen LogP contribution in [0.1, 0.15) is 5.56 Å². The van der Waals surface area contributed by atoms with E-state index in [9.17, 15) is 4.39 Å². The molecule has 2 aromatic rings. The Morgan fingerprint density at radius 1 is 1.30 bits per heavy atom. The molecular formula is C16H12ClFN2. The van der Waals surface area contributed by atoms with Crippen LogP contribution in [0.15, 0.2) is 61.8 Å². The molecular weight excluding hydrogens is 275 g/mol. The maximum atomic E-state index is 13.8. The van der Waals surface area contributed by atoms with Crippen LogP contribution in [0.3, 0.4) is 0 Å². The Balaban J connectivity index is 2.54. The Morgan fingerprint density at radius 3 is 2.80 bits per heavy atom. The molecule has 0 aliphatic carbocycles. The van der Waals surface area contributed by atoms with Crippen LogP contribution < -0.4 is 0 Å². The van der Waals surface area contributed by atoms with E-state index in [-0.39, 0.29) is 11.0 Å². The first-order valence-corrected chi connectivity index (χ1v) is 6.27. The van der Waals surface area contributed by atoms with Crippen molar-refractivity contribution in [2.24, 2.45) is 0 Å². The lowest BCUT2D eigenvalue weighted by Gasteiger charge is -2.06. The van der Waals surface area contributed by atoms with E-state index >= 15 is 0 Å². The smallest absolute Gasteiger partial charge is 0.223 e. The quantitative estimate of drug-likeness (QED) is 0.602. The zero-order valence-corrected chi connectivity index (χ0v) is 11.4. The fourth-order valence-electron chi connectivity index (χ4n) is 1.80. The minimum atomic E-state index is -0.514. The lowest BCUT2D eigenvalue weighted by molar-refractivity contribution is 0.618. The molecule has 1 heterocycles. The van der Waals surface area contributed by atoms with Gasteiger partial charge in [-0.2, -0.15) is 0 Å². The van der Waals surface area contributed by atoms with Gasteiger partial charge in [0.25, 0.3) is 0 Å². The highest BCUT2D eigenvalue weighted by Gasteiger charge is 2.09. The van der Waals surface area contributed by atoms with Crippen molar-refractivity contribution in [3.8, 4) is 11.3 Å². The normalized spacial score (nSPS) is 11.2. The van der Waals surface area contributed by atoms with Gasteiger partial charge >= 0.3 is 0 Å². The number of nitrogens with zero attached hydrogens (tertiary/aromatic N) is 2. The molecule has 4 heteroatoms. The second kappa shape index (κ2) is 6.26. The highest BCUT2D eigenvalue weighted by molar-refractivity contribution is 6.28. The summed E-state index contributed by atoms with van der Waals surface area (Å²) in [5, 5.41) is 0.0115. The summed E-state index contributed by atoms with van der Waals surface area (Å²) >= 11 is 5.72. The first-order valence-electron chi connectivity index (χ1n) is 5.89. The molecule has 1 aromatic heterocycles. The summed E-state index contributed by atoms with van der Waals surface area (Å²) in [6.45, 7) is 7.41. The minimum Gasteiger partial charge on any atom is -0.223 e. The van der Waals surface area contributed by atoms with Crippen LogP contribution in [0.25, 0.3) is 16.8 Å². The number of allylic oxidation sites excluding steroid dienone is 4. The predicted octanol–water partition coefficient (Wildman–Crippen LogP) is 4.69. The first kappa shape index (κ1) is 14.2. The molecule has 0 N–H and O–H groups in total. The zero-order chi connectivity index (χ0) is 14.5. The molecule has 0 spiro atoms. The van der Waals surface area contributed by atoms with E-state index in [1.54, 1.807) is 18.2 Å². The number of halogens is 2. The Morgan fingerprint density at radius 2 is 2.10 bits per heavy atom. The molecule has 0 aliphatic rings. The summed E-state index contributed by atoms with van der Waals surface area (Å²) in [6, 6.07) is 7.31. The Labute approximate surface area is 122 Å². The second-order valence-corrected chi connectivity index (χ2v) is 4.32. The molecule has 0 bridgehead atoms. The maximum Gasteiger partial charge on any atom is 0.223 e. The maximum absolute atomic E-state index is 13.8. The van der Waals surface area contributed by atoms with E-state index in [4.69, 9.17) is 11.6 Å². The first-order chi connectivity index (χ1) is 9.65. The van der Waals surface area contributed by atoms with Gasteiger partial charge < -0.3 is 0 Å². The number of hydrogen-bond donors (Lipinski definition) is 0. The Hall–Kier alpha value is -2.26. The second-order valence-electron chi connectivity index (χ2n) is 3.98. The summed E-state index contributed by atoms with van der Waals surface area (Å²) in [4.78, 5) is 7.54. The molecule has 0 amide bonds. The molecule has 1 aromatic carbocycles. The van der Waals surface area contributed by atoms with Crippen LogP contribution in [-0.4, -0.2) is 9.97 Å². The van der Waals surface area contributed by atoms with Gasteiger partial charge in [-0.15, -0.1) is 0 Å². The van der Waals surface area contributed by atoms with E-state index < -0.39 is 5.82 Å². The fourth-order valence-corrected chi connectivity index (χ4v) is 1.94. The predicted molar refractivity (Wildman–Crippen MR) is 80.8 cm³/mol. The summed E-state index contributed by atoms with van der Waals surface area (Å²) in [5.41, 5.74) is 2.59. The fraction of sp³-hybridized carbons (Fsp3) is 0. The zero-order valence-electron chi connectivity index (χ0n) is 10.7. The van der Waals surface area contributed by atoms with E-state index in [0.717, 1.165) is 17.3 Å². The Bertz CT molecular complexity index is 693. The van der Waals surface area contributed by atoms with Crippen LogP contribution in [-0.2, 0) is 0 Å². The van der Waals surface area contributed by atoms with Crippen LogP contribution in [0.5, 0.6) is 0 Å². The van der Waals surface area contributed by atoms with Crippen molar-refractivity contribution in [2.45, 2.75) is 0 Å². The SMILES string of the molecule is C=C/C=C(\C=C)c1cccc(-c2nc(Cl)ncc2F)c1. The highest BCUT2D eigenvalue weighted by atomic mass is 35.5. The van der Waals surface area contributed by atoms with Crippen molar-refractivity contribution in [3.63, 3.8) is 0 Å². The van der Waals surface area contributed by atoms with E-state index in [1.165, 1.54) is 0 Å². The van der Waals surface area contributed by atoms with Crippen molar-refractivity contribution < 1.29 is 4.39 Å². The van der Waals surface area contributed by atoms with Crippen molar-refractivity contribution in [2.75, 3.05) is 0 Å². The summed E-state index contributed by atoms with van der Waals surface area (Å²) < 4.78 is 13.8. The van der Waals surface area contributed by atoms with Gasteiger partial charge in [0.2, 0.25) is 5.28 Å². The summed E-state index contributed by atoms with van der Waals surface area (Å²) in [5.74, 6) is -0.514. The van der Waals surface area contributed by atoms with Crippen molar-refractivity contribution >= 4 is 17.2 Å². The van der Waals surface area contributed by atoms with Crippen LogP contribution in [0, 0.1) is 5.82 Å². The highest BCUT2D eigenvalue weighted by Crippen LogP contribution is 2.25. The third-order valence-corrected chi connectivity index (χ3v) is 2.88. The van der Waals surface area contributed by atoms with Gasteiger partial charge in [0.1, 0.15) is 5.69 Å². The molecule has 100 valence electrons. The van der Waals surface area contributed by atoms with E-state index in [0.29, 0.717) is 5.56 Å². The third kappa shape index (κ3) is 3.00. The number of aromatic nitrogens is 2. The van der Waals surface area contributed by atoms with Gasteiger partial charge in [0, 0.05) is 5.56 Å². The molecule has 0 saturated heterocycles. The van der Waals surface area contributed by atoms with Gasteiger partial charge in [-0.3, -0.25) is 0 Å². The number of benzene rings is 1. The third-order valence-electron chi connectivity index (χ3n) is 2.70. The average Bonchev–Trinajstić information content (AvgIpc) is 2.47. The van der Waals surface area contributed by atoms with E-state index in [2.05, 4.69) is 23.1 Å².